The maximum atomic E-state index is 12.5. The molecule has 0 aliphatic rings. The van der Waals surface area contributed by atoms with E-state index in [1.165, 1.54) is 12.1 Å². The van der Waals surface area contributed by atoms with Crippen LogP contribution in [0.15, 0.2) is 54.7 Å². The van der Waals surface area contributed by atoms with E-state index in [1.54, 1.807) is 43.6 Å². The van der Waals surface area contributed by atoms with E-state index in [-0.39, 0.29) is 11.1 Å². The molecule has 0 atom stereocenters. The van der Waals surface area contributed by atoms with Crippen LogP contribution < -0.4 is 10.1 Å². The first-order chi connectivity index (χ1) is 11.6. The largest absolute Gasteiger partial charge is 0.496 e. The first-order valence-electron chi connectivity index (χ1n) is 7.17. The van der Waals surface area contributed by atoms with Crippen LogP contribution in [-0.2, 0) is 0 Å². The van der Waals surface area contributed by atoms with Crippen molar-refractivity contribution in [3.63, 3.8) is 0 Å². The number of anilines is 1. The van der Waals surface area contributed by atoms with Crippen molar-refractivity contribution >= 4 is 28.5 Å². The van der Waals surface area contributed by atoms with Crippen LogP contribution in [0.1, 0.15) is 20.7 Å². The molecule has 1 amide bonds. The molecule has 6 heteroatoms. The summed E-state index contributed by atoms with van der Waals surface area (Å²) in [5, 5.41) is 12.7. The van der Waals surface area contributed by atoms with Crippen molar-refractivity contribution in [2.45, 2.75) is 0 Å². The van der Waals surface area contributed by atoms with Crippen LogP contribution in [0.4, 0.5) is 5.69 Å². The minimum atomic E-state index is -1.15. The molecular weight excluding hydrogens is 308 g/mol. The van der Waals surface area contributed by atoms with Gasteiger partial charge in [0.05, 0.1) is 29.4 Å². The number of fused-ring (bicyclic) bond motifs is 1. The third-order valence-electron chi connectivity index (χ3n) is 3.60. The fraction of sp³-hybridized carbons (Fsp3) is 0.0556. The summed E-state index contributed by atoms with van der Waals surface area (Å²) in [6.45, 7) is 0. The highest BCUT2D eigenvalue weighted by atomic mass is 16.5. The number of carbonyl (C=O) groups is 2. The van der Waals surface area contributed by atoms with E-state index in [2.05, 4.69) is 10.3 Å². The Morgan fingerprint density at radius 3 is 2.50 bits per heavy atom. The van der Waals surface area contributed by atoms with Crippen molar-refractivity contribution in [1.29, 1.82) is 0 Å². The normalized spacial score (nSPS) is 10.4. The minimum Gasteiger partial charge on any atom is -0.496 e. The maximum absolute atomic E-state index is 12.5. The second-order valence-corrected chi connectivity index (χ2v) is 5.02. The Balaban J connectivity index is 2.02. The second-order valence-electron chi connectivity index (χ2n) is 5.02. The Kier molecular flexibility index (Phi) is 4.11. The fourth-order valence-electron chi connectivity index (χ4n) is 2.48. The molecule has 2 N–H and O–H groups in total. The van der Waals surface area contributed by atoms with Gasteiger partial charge < -0.3 is 15.2 Å². The van der Waals surface area contributed by atoms with Gasteiger partial charge in [-0.2, -0.15) is 0 Å². The van der Waals surface area contributed by atoms with Gasteiger partial charge in [0.25, 0.3) is 5.91 Å². The monoisotopic (exact) mass is 322 g/mol. The number of ether oxygens (including phenoxy) is 1. The van der Waals surface area contributed by atoms with Crippen LogP contribution in [0.25, 0.3) is 10.9 Å². The van der Waals surface area contributed by atoms with Crippen molar-refractivity contribution in [2.24, 2.45) is 0 Å². The number of nitrogens with one attached hydrogen (secondary N) is 1. The number of benzene rings is 2. The molecule has 0 bridgehead atoms. The molecule has 1 aromatic heterocycles. The standard InChI is InChI=1S/C18H14N2O4/c1-24-15-9-8-14(16-13(15)7-4-10-19-16)20-17(21)11-5-2-3-6-12(11)18(22)23/h2-10H,1H3,(H,20,21)(H,22,23). The summed E-state index contributed by atoms with van der Waals surface area (Å²) in [6, 6.07) is 13.1. The van der Waals surface area contributed by atoms with Gasteiger partial charge in [0, 0.05) is 11.6 Å². The summed E-state index contributed by atoms with van der Waals surface area (Å²) in [6.07, 6.45) is 1.61. The van der Waals surface area contributed by atoms with E-state index in [9.17, 15) is 14.7 Å². The number of pyridine rings is 1. The highest BCUT2D eigenvalue weighted by molar-refractivity contribution is 6.13. The van der Waals surface area contributed by atoms with Crippen molar-refractivity contribution < 1.29 is 19.4 Å². The van der Waals surface area contributed by atoms with Crippen LogP contribution in [0.3, 0.4) is 0 Å². The zero-order valence-corrected chi connectivity index (χ0v) is 12.8. The highest BCUT2D eigenvalue weighted by Crippen LogP contribution is 2.30. The molecule has 0 saturated carbocycles. The summed E-state index contributed by atoms with van der Waals surface area (Å²) in [5.41, 5.74) is 1.08. The van der Waals surface area contributed by atoms with Crippen LogP contribution in [0.2, 0.25) is 0 Å². The molecule has 0 unspecified atom stereocenters. The van der Waals surface area contributed by atoms with Gasteiger partial charge in [-0.15, -0.1) is 0 Å². The molecule has 0 aliphatic carbocycles. The number of aromatic carboxylic acids is 1. The molecule has 3 aromatic rings. The van der Waals surface area contributed by atoms with Gasteiger partial charge in [-0.25, -0.2) is 4.79 Å². The first-order valence-corrected chi connectivity index (χ1v) is 7.17. The summed E-state index contributed by atoms with van der Waals surface area (Å²) >= 11 is 0. The summed E-state index contributed by atoms with van der Waals surface area (Å²) in [7, 11) is 1.56. The van der Waals surface area contributed by atoms with Gasteiger partial charge in [-0.3, -0.25) is 9.78 Å². The Morgan fingerprint density at radius 2 is 1.79 bits per heavy atom. The van der Waals surface area contributed by atoms with Crippen LogP contribution in [-0.4, -0.2) is 29.1 Å². The lowest BCUT2D eigenvalue weighted by atomic mass is 10.1. The first kappa shape index (κ1) is 15.5. The highest BCUT2D eigenvalue weighted by Gasteiger charge is 2.17. The molecule has 1 heterocycles. The number of nitrogens with zero attached hydrogens (tertiary/aromatic N) is 1. The molecule has 0 saturated heterocycles. The predicted octanol–water partition coefficient (Wildman–Crippen LogP) is 3.19. The third-order valence-corrected chi connectivity index (χ3v) is 3.60. The van der Waals surface area contributed by atoms with Crippen LogP contribution in [0, 0.1) is 0 Å². The van der Waals surface area contributed by atoms with Gasteiger partial charge in [0.1, 0.15) is 5.75 Å². The topological polar surface area (TPSA) is 88.5 Å². The van der Waals surface area contributed by atoms with E-state index < -0.39 is 11.9 Å². The number of hydrogen-bond acceptors (Lipinski definition) is 4. The number of carboxylic acids is 1. The van der Waals surface area contributed by atoms with Gasteiger partial charge in [0.2, 0.25) is 0 Å². The number of carboxylic acid groups (broad SMARTS) is 1. The van der Waals surface area contributed by atoms with E-state index >= 15 is 0 Å². The third kappa shape index (κ3) is 2.77. The quantitative estimate of drug-likeness (QED) is 0.770. The van der Waals surface area contributed by atoms with Crippen molar-refractivity contribution in [3.05, 3.63) is 65.9 Å². The second kappa shape index (κ2) is 6.37. The van der Waals surface area contributed by atoms with Crippen molar-refractivity contribution in [1.82, 2.24) is 4.98 Å². The predicted molar refractivity (Wildman–Crippen MR) is 89.6 cm³/mol. The molecule has 3 rings (SSSR count). The smallest absolute Gasteiger partial charge is 0.336 e. The summed E-state index contributed by atoms with van der Waals surface area (Å²) in [5.74, 6) is -1.02. The Hall–Kier alpha value is -3.41. The Morgan fingerprint density at radius 1 is 1.04 bits per heavy atom. The maximum Gasteiger partial charge on any atom is 0.336 e. The average molecular weight is 322 g/mol. The van der Waals surface area contributed by atoms with E-state index in [0.717, 1.165) is 5.39 Å². The molecule has 0 spiro atoms. The van der Waals surface area contributed by atoms with E-state index in [0.29, 0.717) is 17.0 Å². The van der Waals surface area contributed by atoms with Crippen molar-refractivity contribution in [3.8, 4) is 5.75 Å². The fourth-order valence-corrected chi connectivity index (χ4v) is 2.48. The number of amides is 1. The lowest BCUT2D eigenvalue weighted by Crippen LogP contribution is -2.16. The van der Waals surface area contributed by atoms with Gasteiger partial charge in [0.15, 0.2) is 0 Å². The summed E-state index contributed by atoms with van der Waals surface area (Å²) < 4.78 is 5.29. The number of methoxy groups -OCH3 is 1. The van der Waals surface area contributed by atoms with Gasteiger partial charge in [-0.05, 0) is 36.4 Å². The molecule has 0 fully saturated rings. The number of carbonyl (C=O) groups excluding carboxylic acids is 1. The zero-order valence-electron chi connectivity index (χ0n) is 12.8. The zero-order chi connectivity index (χ0) is 17.1. The lowest BCUT2D eigenvalue weighted by molar-refractivity contribution is 0.0692. The molecular formula is C18H14N2O4. The van der Waals surface area contributed by atoms with E-state index in [4.69, 9.17) is 4.74 Å². The van der Waals surface area contributed by atoms with Gasteiger partial charge >= 0.3 is 5.97 Å². The summed E-state index contributed by atoms with van der Waals surface area (Å²) in [4.78, 5) is 28.1. The number of hydrogen-bond donors (Lipinski definition) is 2. The molecule has 0 aliphatic heterocycles. The van der Waals surface area contributed by atoms with Crippen LogP contribution >= 0.6 is 0 Å². The SMILES string of the molecule is COc1ccc(NC(=O)c2ccccc2C(=O)O)c2ncccc12. The molecule has 0 radical (unpaired) electrons. The minimum absolute atomic E-state index is 0.0548. The average Bonchev–Trinajstić information content (AvgIpc) is 2.62. The number of rotatable bonds is 4. The molecule has 6 nitrogen and oxygen atoms in total. The lowest BCUT2D eigenvalue weighted by Gasteiger charge is -2.11. The van der Waals surface area contributed by atoms with Crippen LogP contribution in [0.5, 0.6) is 5.75 Å². The van der Waals surface area contributed by atoms with Crippen molar-refractivity contribution in [2.75, 3.05) is 12.4 Å². The molecule has 120 valence electrons. The number of aromatic nitrogens is 1. The molecule has 24 heavy (non-hydrogen) atoms. The Bertz CT molecular complexity index is 937. The Labute approximate surface area is 137 Å². The van der Waals surface area contributed by atoms with E-state index in [1.807, 2.05) is 6.07 Å². The molecule has 2 aromatic carbocycles. The van der Waals surface area contributed by atoms with Gasteiger partial charge in [-0.1, -0.05) is 12.1 Å².